The van der Waals surface area contributed by atoms with Gasteiger partial charge in [-0.15, -0.1) is 0 Å². The largest absolute Gasteiger partial charge is 0.382 e. The number of hydrogen-bond donors (Lipinski definition) is 1. The third-order valence-electron chi connectivity index (χ3n) is 3.12. The average molecular weight is 268 g/mol. The fourth-order valence-electron chi connectivity index (χ4n) is 2.20. The number of ether oxygens (including phenoxy) is 1. The number of thiophene rings is 1. The Kier molecular flexibility index (Phi) is 4.74. The molecular weight excluding hydrogens is 248 g/mol. The predicted octanol–water partition coefficient (Wildman–Crippen LogP) is 1.99. The van der Waals surface area contributed by atoms with Gasteiger partial charge in [-0.2, -0.15) is 11.3 Å². The highest BCUT2D eigenvalue weighted by atomic mass is 32.1. The van der Waals surface area contributed by atoms with Crippen LogP contribution in [0.2, 0.25) is 0 Å². The maximum absolute atomic E-state index is 12.1. The molecule has 1 fully saturated rings. The van der Waals surface area contributed by atoms with Gasteiger partial charge in [-0.05, 0) is 42.7 Å². The zero-order chi connectivity index (χ0) is 13.0. The molecule has 2 heterocycles. The monoisotopic (exact) mass is 268 g/mol. The van der Waals surface area contributed by atoms with Crippen LogP contribution in [0.1, 0.15) is 32.0 Å². The summed E-state index contributed by atoms with van der Waals surface area (Å²) in [6, 6.07) is 1.98. The number of nitrogens with one attached hydrogen (secondary N) is 1. The molecule has 0 aromatic carbocycles. The van der Waals surface area contributed by atoms with Crippen molar-refractivity contribution in [3.8, 4) is 0 Å². The highest BCUT2D eigenvalue weighted by Crippen LogP contribution is 2.26. The molecule has 0 radical (unpaired) electrons. The first kappa shape index (κ1) is 13.5. The Hall–Kier alpha value is -0.910. The molecule has 1 amide bonds. The van der Waals surface area contributed by atoms with Gasteiger partial charge in [0.2, 0.25) is 5.91 Å². The van der Waals surface area contributed by atoms with Crippen LogP contribution >= 0.6 is 11.3 Å². The fraction of sp³-hybridized carbons (Fsp3) is 0.615. The van der Waals surface area contributed by atoms with Crippen molar-refractivity contribution in [3.05, 3.63) is 22.4 Å². The molecule has 18 heavy (non-hydrogen) atoms. The van der Waals surface area contributed by atoms with Gasteiger partial charge < -0.3 is 9.64 Å². The highest BCUT2D eigenvalue weighted by molar-refractivity contribution is 7.07. The van der Waals surface area contributed by atoms with E-state index in [1.165, 1.54) is 5.56 Å². The summed E-state index contributed by atoms with van der Waals surface area (Å²) in [6.45, 7) is 6.10. The summed E-state index contributed by atoms with van der Waals surface area (Å²) in [6.07, 6.45) is 0.912. The van der Waals surface area contributed by atoms with Crippen molar-refractivity contribution in [1.29, 1.82) is 0 Å². The first-order chi connectivity index (χ1) is 8.74. The molecule has 0 aliphatic carbocycles. The number of carbonyl (C=O) groups is 1. The lowest BCUT2D eigenvalue weighted by Crippen LogP contribution is -2.32. The van der Waals surface area contributed by atoms with E-state index in [1.54, 1.807) is 11.3 Å². The molecule has 1 saturated heterocycles. The third kappa shape index (κ3) is 2.91. The molecule has 1 aromatic rings. The van der Waals surface area contributed by atoms with E-state index in [0.29, 0.717) is 6.61 Å². The Morgan fingerprint density at radius 3 is 3.06 bits per heavy atom. The molecule has 1 aromatic heterocycles. The van der Waals surface area contributed by atoms with E-state index < -0.39 is 0 Å². The zero-order valence-corrected chi connectivity index (χ0v) is 11.7. The first-order valence-electron chi connectivity index (χ1n) is 6.40. The molecule has 2 unspecified atom stereocenters. The number of rotatable bonds is 6. The van der Waals surface area contributed by atoms with Crippen molar-refractivity contribution >= 4 is 17.2 Å². The highest BCUT2D eigenvalue weighted by Gasteiger charge is 2.36. The van der Waals surface area contributed by atoms with E-state index in [-0.39, 0.29) is 18.1 Å². The minimum Gasteiger partial charge on any atom is -0.382 e. The lowest BCUT2D eigenvalue weighted by molar-refractivity contribution is -0.130. The van der Waals surface area contributed by atoms with Crippen molar-refractivity contribution in [1.82, 2.24) is 10.2 Å². The standard InChI is InChI=1S/C13H20N2O2S/c1-3-17-7-4-6-15-12(11-5-8-18-9-11)14-10(2)13(15)16/h5,8-10,12,14H,3-4,6-7H2,1-2H3. The summed E-state index contributed by atoms with van der Waals surface area (Å²) < 4.78 is 5.33. The second-order valence-electron chi connectivity index (χ2n) is 4.43. The van der Waals surface area contributed by atoms with Crippen molar-refractivity contribution in [3.63, 3.8) is 0 Å². The maximum Gasteiger partial charge on any atom is 0.241 e. The topological polar surface area (TPSA) is 41.6 Å². The van der Waals surface area contributed by atoms with Crippen LogP contribution in [0.5, 0.6) is 0 Å². The summed E-state index contributed by atoms with van der Waals surface area (Å²) >= 11 is 1.66. The second kappa shape index (κ2) is 6.31. The van der Waals surface area contributed by atoms with Crippen molar-refractivity contribution in [2.45, 2.75) is 32.5 Å². The van der Waals surface area contributed by atoms with E-state index in [4.69, 9.17) is 4.74 Å². The van der Waals surface area contributed by atoms with Gasteiger partial charge in [-0.1, -0.05) is 0 Å². The Labute approximate surface area is 112 Å². The zero-order valence-electron chi connectivity index (χ0n) is 10.9. The fourth-order valence-corrected chi connectivity index (χ4v) is 2.88. The number of nitrogens with zero attached hydrogens (tertiary/aromatic N) is 1. The number of carbonyl (C=O) groups excluding carboxylic acids is 1. The smallest absolute Gasteiger partial charge is 0.241 e. The minimum absolute atomic E-state index is 0.0281. The van der Waals surface area contributed by atoms with E-state index in [1.807, 2.05) is 24.1 Å². The maximum atomic E-state index is 12.1. The summed E-state index contributed by atoms with van der Waals surface area (Å²) in [7, 11) is 0. The van der Waals surface area contributed by atoms with Crippen LogP contribution in [0, 0.1) is 0 Å². The molecule has 0 bridgehead atoms. The van der Waals surface area contributed by atoms with Crippen LogP contribution in [0.3, 0.4) is 0 Å². The van der Waals surface area contributed by atoms with Gasteiger partial charge >= 0.3 is 0 Å². The Balaban J connectivity index is 1.97. The quantitative estimate of drug-likeness (QED) is 0.802. The molecule has 1 N–H and O–H groups in total. The second-order valence-corrected chi connectivity index (χ2v) is 5.21. The van der Waals surface area contributed by atoms with E-state index in [0.717, 1.165) is 19.6 Å². The first-order valence-corrected chi connectivity index (χ1v) is 7.34. The third-order valence-corrected chi connectivity index (χ3v) is 3.83. The van der Waals surface area contributed by atoms with Crippen LogP contribution in [-0.2, 0) is 9.53 Å². The molecule has 5 heteroatoms. The van der Waals surface area contributed by atoms with E-state index in [2.05, 4.69) is 16.8 Å². The molecule has 1 aliphatic heterocycles. The molecule has 2 atom stereocenters. The van der Waals surface area contributed by atoms with Gasteiger partial charge in [-0.25, -0.2) is 0 Å². The van der Waals surface area contributed by atoms with Crippen LogP contribution in [0.15, 0.2) is 16.8 Å². The van der Waals surface area contributed by atoms with E-state index >= 15 is 0 Å². The molecule has 4 nitrogen and oxygen atoms in total. The van der Waals surface area contributed by atoms with Crippen molar-refractivity contribution < 1.29 is 9.53 Å². The van der Waals surface area contributed by atoms with Gasteiger partial charge in [0.25, 0.3) is 0 Å². The Bertz CT molecular complexity index is 380. The normalized spacial score (nSPS) is 23.9. The van der Waals surface area contributed by atoms with Gasteiger partial charge in [0.1, 0.15) is 6.17 Å². The summed E-state index contributed by atoms with van der Waals surface area (Å²) in [5.41, 5.74) is 1.18. The molecular formula is C13H20N2O2S. The van der Waals surface area contributed by atoms with E-state index in [9.17, 15) is 4.79 Å². The number of amides is 1. The SMILES string of the molecule is CCOCCCN1C(=O)C(C)NC1c1ccsc1. The lowest BCUT2D eigenvalue weighted by Gasteiger charge is -2.23. The molecule has 2 rings (SSSR count). The number of hydrogen-bond acceptors (Lipinski definition) is 4. The predicted molar refractivity (Wildman–Crippen MR) is 72.5 cm³/mol. The minimum atomic E-state index is -0.0954. The summed E-state index contributed by atoms with van der Waals surface area (Å²) in [4.78, 5) is 14.0. The Morgan fingerprint density at radius 1 is 1.56 bits per heavy atom. The molecule has 0 spiro atoms. The van der Waals surface area contributed by atoms with Crippen molar-refractivity contribution in [2.75, 3.05) is 19.8 Å². The Morgan fingerprint density at radius 2 is 2.39 bits per heavy atom. The van der Waals surface area contributed by atoms with Crippen LogP contribution in [0.25, 0.3) is 0 Å². The van der Waals surface area contributed by atoms with Gasteiger partial charge in [0.15, 0.2) is 0 Å². The molecule has 0 saturated carbocycles. The van der Waals surface area contributed by atoms with Gasteiger partial charge in [-0.3, -0.25) is 10.1 Å². The molecule has 100 valence electrons. The summed E-state index contributed by atoms with van der Waals surface area (Å²) in [5.74, 6) is 0.183. The van der Waals surface area contributed by atoms with Gasteiger partial charge in [0, 0.05) is 19.8 Å². The summed E-state index contributed by atoms with van der Waals surface area (Å²) in [5, 5.41) is 7.48. The van der Waals surface area contributed by atoms with Crippen LogP contribution in [-0.4, -0.2) is 36.6 Å². The average Bonchev–Trinajstić information content (AvgIpc) is 2.97. The molecule has 1 aliphatic rings. The van der Waals surface area contributed by atoms with Crippen molar-refractivity contribution in [2.24, 2.45) is 0 Å². The van der Waals surface area contributed by atoms with Crippen LogP contribution < -0.4 is 5.32 Å². The lowest BCUT2D eigenvalue weighted by atomic mass is 10.2. The van der Waals surface area contributed by atoms with Crippen LogP contribution in [0.4, 0.5) is 0 Å². The van der Waals surface area contributed by atoms with Gasteiger partial charge in [0.05, 0.1) is 6.04 Å².